The minimum atomic E-state index is -0.629. The van der Waals surface area contributed by atoms with Crippen LogP contribution < -0.4 is 14.2 Å². The van der Waals surface area contributed by atoms with Crippen LogP contribution in [0.1, 0.15) is 18.7 Å². The zero-order valence-electron chi connectivity index (χ0n) is 12.6. The van der Waals surface area contributed by atoms with Gasteiger partial charge in [0.05, 0.1) is 38.8 Å². The number of aliphatic hydroxyl groups excluding tert-OH is 1. The third-order valence-corrected chi connectivity index (χ3v) is 3.18. The van der Waals surface area contributed by atoms with Crippen LogP contribution in [0.15, 0.2) is 30.3 Å². The molecule has 112 valence electrons. The largest absolute Gasteiger partial charge is 0.493 e. The first-order valence-corrected chi connectivity index (χ1v) is 6.56. The quantitative estimate of drug-likeness (QED) is 0.917. The van der Waals surface area contributed by atoms with E-state index in [1.54, 1.807) is 40.4 Å². The number of aromatic nitrogens is 1. The standard InChI is InChI=1S/C16H19NO4/c1-10(18)12-6-5-7-13(17-12)11-8-9-14(19-2)16(21-4)15(11)20-3/h5-10,18H,1-4H3/t10-/m0/s1. The average Bonchev–Trinajstić information content (AvgIpc) is 2.53. The van der Waals surface area contributed by atoms with Crippen LogP contribution in [0.5, 0.6) is 17.2 Å². The molecule has 0 aliphatic rings. The average molecular weight is 289 g/mol. The van der Waals surface area contributed by atoms with Crippen molar-refractivity contribution in [3.05, 3.63) is 36.0 Å². The second-order valence-corrected chi connectivity index (χ2v) is 4.51. The highest BCUT2D eigenvalue weighted by atomic mass is 16.5. The molecule has 21 heavy (non-hydrogen) atoms. The van der Waals surface area contributed by atoms with E-state index in [0.29, 0.717) is 28.6 Å². The third kappa shape index (κ3) is 2.92. The van der Waals surface area contributed by atoms with Crippen molar-refractivity contribution >= 4 is 0 Å². The highest BCUT2D eigenvalue weighted by Crippen LogP contribution is 2.43. The minimum Gasteiger partial charge on any atom is -0.493 e. The lowest BCUT2D eigenvalue weighted by Crippen LogP contribution is -2.00. The summed E-state index contributed by atoms with van der Waals surface area (Å²) in [6.07, 6.45) is -0.629. The highest BCUT2D eigenvalue weighted by molar-refractivity contribution is 5.74. The number of benzene rings is 1. The molecular formula is C16H19NO4. The van der Waals surface area contributed by atoms with Gasteiger partial charge in [-0.2, -0.15) is 0 Å². The summed E-state index contributed by atoms with van der Waals surface area (Å²) in [5, 5.41) is 9.67. The molecule has 2 aromatic rings. The fraction of sp³-hybridized carbons (Fsp3) is 0.312. The Balaban J connectivity index is 2.61. The molecule has 1 heterocycles. The fourth-order valence-corrected chi connectivity index (χ4v) is 2.14. The number of hydrogen-bond donors (Lipinski definition) is 1. The van der Waals surface area contributed by atoms with Crippen LogP contribution in [-0.4, -0.2) is 31.4 Å². The Morgan fingerprint density at radius 1 is 0.952 bits per heavy atom. The van der Waals surface area contributed by atoms with Gasteiger partial charge < -0.3 is 19.3 Å². The van der Waals surface area contributed by atoms with Crippen molar-refractivity contribution in [3.63, 3.8) is 0 Å². The summed E-state index contributed by atoms with van der Waals surface area (Å²) >= 11 is 0. The molecule has 1 N–H and O–H groups in total. The molecule has 0 aliphatic carbocycles. The first kappa shape index (κ1) is 15.1. The van der Waals surface area contributed by atoms with Gasteiger partial charge in [-0.15, -0.1) is 0 Å². The van der Waals surface area contributed by atoms with Crippen LogP contribution in [0.4, 0.5) is 0 Å². The van der Waals surface area contributed by atoms with Gasteiger partial charge in [-0.3, -0.25) is 0 Å². The van der Waals surface area contributed by atoms with Gasteiger partial charge in [0.25, 0.3) is 0 Å². The number of aliphatic hydroxyl groups is 1. The van der Waals surface area contributed by atoms with Crippen LogP contribution in [0.3, 0.4) is 0 Å². The van der Waals surface area contributed by atoms with Crippen molar-refractivity contribution in [3.8, 4) is 28.5 Å². The van der Waals surface area contributed by atoms with Crippen molar-refractivity contribution in [2.24, 2.45) is 0 Å². The van der Waals surface area contributed by atoms with Gasteiger partial charge in [0.1, 0.15) is 0 Å². The van der Waals surface area contributed by atoms with Gasteiger partial charge in [0.15, 0.2) is 11.5 Å². The van der Waals surface area contributed by atoms with E-state index < -0.39 is 6.10 Å². The summed E-state index contributed by atoms with van der Waals surface area (Å²) in [4.78, 5) is 4.46. The lowest BCUT2D eigenvalue weighted by molar-refractivity contribution is 0.194. The van der Waals surface area contributed by atoms with Gasteiger partial charge >= 0.3 is 0 Å². The van der Waals surface area contributed by atoms with Crippen molar-refractivity contribution in [2.45, 2.75) is 13.0 Å². The predicted molar refractivity (Wildman–Crippen MR) is 80.0 cm³/mol. The second-order valence-electron chi connectivity index (χ2n) is 4.51. The molecule has 0 aliphatic heterocycles. The highest BCUT2D eigenvalue weighted by Gasteiger charge is 2.18. The maximum Gasteiger partial charge on any atom is 0.203 e. The Morgan fingerprint density at radius 3 is 2.24 bits per heavy atom. The van der Waals surface area contributed by atoms with E-state index in [9.17, 15) is 5.11 Å². The molecule has 2 rings (SSSR count). The summed E-state index contributed by atoms with van der Waals surface area (Å²) in [6, 6.07) is 9.14. The van der Waals surface area contributed by atoms with Crippen LogP contribution in [0.2, 0.25) is 0 Å². The summed E-state index contributed by atoms with van der Waals surface area (Å²) < 4.78 is 16.1. The molecule has 1 aromatic carbocycles. The molecule has 0 saturated carbocycles. The summed E-state index contributed by atoms with van der Waals surface area (Å²) in [7, 11) is 4.70. The van der Waals surface area contributed by atoms with E-state index in [0.717, 1.165) is 5.56 Å². The smallest absolute Gasteiger partial charge is 0.203 e. The normalized spacial score (nSPS) is 11.9. The Labute approximate surface area is 124 Å². The molecule has 5 heteroatoms. The maximum atomic E-state index is 9.67. The van der Waals surface area contributed by atoms with E-state index in [1.165, 1.54) is 0 Å². The van der Waals surface area contributed by atoms with E-state index >= 15 is 0 Å². The molecule has 0 spiro atoms. The molecule has 0 bridgehead atoms. The molecule has 0 unspecified atom stereocenters. The molecule has 5 nitrogen and oxygen atoms in total. The zero-order chi connectivity index (χ0) is 15.4. The lowest BCUT2D eigenvalue weighted by Gasteiger charge is -2.16. The molecule has 0 radical (unpaired) electrons. The molecule has 0 amide bonds. The second kappa shape index (κ2) is 6.45. The summed E-state index contributed by atoms with van der Waals surface area (Å²) in [5.74, 6) is 1.65. The molecule has 1 aromatic heterocycles. The van der Waals surface area contributed by atoms with E-state index in [4.69, 9.17) is 14.2 Å². The van der Waals surface area contributed by atoms with Gasteiger partial charge in [-0.1, -0.05) is 6.07 Å². The Morgan fingerprint density at radius 2 is 1.67 bits per heavy atom. The maximum absolute atomic E-state index is 9.67. The number of nitrogens with zero attached hydrogens (tertiary/aromatic N) is 1. The van der Waals surface area contributed by atoms with Gasteiger partial charge in [-0.25, -0.2) is 4.98 Å². The SMILES string of the molecule is COc1ccc(-c2cccc([C@H](C)O)n2)c(OC)c1OC. The fourth-order valence-electron chi connectivity index (χ4n) is 2.14. The Bertz CT molecular complexity index is 626. The number of pyridine rings is 1. The van der Waals surface area contributed by atoms with E-state index in [2.05, 4.69) is 4.98 Å². The van der Waals surface area contributed by atoms with Crippen LogP contribution in [-0.2, 0) is 0 Å². The number of ether oxygens (including phenoxy) is 3. The molecular weight excluding hydrogens is 270 g/mol. The van der Waals surface area contributed by atoms with Crippen molar-refractivity contribution < 1.29 is 19.3 Å². The van der Waals surface area contributed by atoms with Gasteiger partial charge in [0, 0.05) is 5.56 Å². The van der Waals surface area contributed by atoms with E-state index in [1.807, 2.05) is 18.2 Å². The van der Waals surface area contributed by atoms with Gasteiger partial charge in [-0.05, 0) is 31.2 Å². The van der Waals surface area contributed by atoms with Crippen LogP contribution in [0, 0.1) is 0 Å². The Kier molecular flexibility index (Phi) is 4.65. The number of hydrogen-bond acceptors (Lipinski definition) is 5. The number of methoxy groups -OCH3 is 3. The molecule has 0 fully saturated rings. The van der Waals surface area contributed by atoms with Crippen LogP contribution in [0.25, 0.3) is 11.3 Å². The monoisotopic (exact) mass is 289 g/mol. The first-order chi connectivity index (χ1) is 10.1. The third-order valence-electron chi connectivity index (χ3n) is 3.18. The summed E-state index contributed by atoms with van der Waals surface area (Å²) in [5.41, 5.74) is 2.08. The van der Waals surface area contributed by atoms with Crippen molar-refractivity contribution in [1.29, 1.82) is 0 Å². The predicted octanol–water partition coefficient (Wildman–Crippen LogP) is 2.83. The number of rotatable bonds is 5. The minimum absolute atomic E-state index is 0.516. The van der Waals surface area contributed by atoms with E-state index in [-0.39, 0.29) is 0 Å². The van der Waals surface area contributed by atoms with Crippen molar-refractivity contribution in [2.75, 3.05) is 21.3 Å². The first-order valence-electron chi connectivity index (χ1n) is 6.56. The Hall–Kier alpha value is -2.27. The van der Waals surface area contributed by atoms with Crippen LogP contribution >= 0.6 is 0 Å². The topological polar surface area (TPSA) is 60.8 Å². The zero-order valence-corrected chi connectivity index (χ0v) is 12.6. The molecule has 1 atom stereocenters. The lowest BCUT2D eigenvalue weighted by atomic mass is 10.1. The van der Waals surface area contributed by atoms with Crippen molar-refractivity contribution in [1.82, 2.24) is 4.98 Å². The molecule has 0 saturated heterocycles. The summed E-state index contributed by atoms with van der Waals surface area (Å²) in [6.45, 7) is 1.68. The van der Waals surface area contributed by atoms with Gasteiger partial charge in [0.2, 0.25) is 5.75 Å².